The van der Waals surface area contributed by atoms with Crippen LogP contribution in [0, 0.1) is 5.92 Å². The third-order valence-electron chi connectivity index (χ3n) is 7.55. The highest BCUT2D eigenvalue weighted by Gasteiger charge is 2.51. The Morgan fingerprint density at radius 1 is 1.00 bits per heavy atom. The van der Waals surface area contributed by atoms with Crippen LogP contribution in [0.5, 0.6) is 11.5 Å². The molecule has 188 valence electrons. The molecule has 4 aliphatic rings. The van der Waals surface area contributed by atoms with Gasteiger partial charge in [-0.05, 0) is 75.0 Å². The summed E-state index contributed by atoms with van der Waals surface area (Å²) in [5.41, 5.74) is 7.60. The number of thioether (sulfide) groups is 1. The number of anilines is 1. The zero-order valence-corrected chi connectivity index (χ0v) is 20.8. The number of nitrogens with zero attached hydrogens (tertiary/aromatic N) is 1. The molecule has 0 bridgehead atoms. The maximum absolute atomic E-state index is 13.4. The first-order chi connectivity index (χ1) is 17.6. The summed E-state index contributed by atoms with van der Waals surface area (Å²) >= 11 is 1.54. The van der Waals surface area contributed by atoms with Gasteiger partial charge in [0.25, 0.3) is 5.91 Å². The molecule has 3 amide bonds. The Balaban J connectivity index is 1.21. The van der Waals surface area contributed by atoms with Crippen LogP contribution < -0.4 is 31.3 Å². The molecule has 8 nitrogen and oxygen atoms in total. The molecule has 3 fully saturated rings. The maximum Gasteiger partial charge on any atom is 0.326 e. The van der Waals surface area contributed by atoms with Crippen molar-refractivity contribution >= 4 is 29.4 Å². The fraction of sp³-hybridized carbons (Fsp3) is 0.407. The zero-order chi connectivity index (χ0) is 24.6. The lowest BCUT2D eigenvalue weighted by Gasteiger charge is -2.45. The number of carbonyl (C=O) groups is 2. The van der Waals surface area contributed by atoms with Crippen LogP contribution in [0.4, 0.5) is 10.5 Å². The number of ether oxygens (including phenoxy) is 1. The monoisotopic (exact) mass is 505 g/mol. The molecule has 3 heterocycles. The van der Waals surface area contributed by atoms with E-state index in [4.69, 9.17) is 10.5 Å². The van der Waals surface area contributed by atoms with E-state index in [-0.39, 0.29) is 41.4 Å². The molecular formula is C27H31N5O3S. The van der Waals surface area contributed by atoms with Gasteiger partial charge < -0.3 is 26.4 Å². The maximum atomic E-state index is 13.4. The molecule has 2 aromatic rings. The average molecular weight is 506 g/mol. The summed E-state index contributed by atoms with van der Waals surface area (Å²) in [5.74, 6) is 1.43. The van der Waals surface area contributed by atoms with Gasteiger partial charge in [0.05, 0.1) is 16.3 Å². The molecule has 3 aliphatic heterocycles. The Morgan fingerprint density at radius 3 is 2.47 bits per heavy atom. The molecule has 0 radical (unpaired) electrons. The van der Waals surface area contributed by atoms with Gasteiger partial charge in [0.15, 0.2) is 0 Å². The van der Waals surface area contributed by atoms with Crippen molar-refractivity contribution in [3.05, 3.63) is 65.2 Å². The molecule has 3 atom stereocenters. The number of carbonyl (C=O) groups excluding carboxylic acids is 2. The summed E-state index contributed by atoms with van der Waals surface area (Å²) in [5, 5.41) is 9.89. The number of amides is 3. The van der Waals surface area contributed by atoms with Crippen LogP contribution >= 0.6 is 11.8 Å². The predicted molar refractivity (Wildman–Crippen MR) is 141 cm³/mol. The lowest BCUT2D eigenvalue weighted by molar-refractivity contribution is -0.117. The van der Waals surface area contributed by atoms with Gasteiger partial charge in [-0.2, -0.15) is 0 Å². The Kier molecular flexibility index (Phi) is 6.37. The van der Waals surface area contributed by atoms with Crippen LogP contribution in [0.2, 0.25) is 0 Å². The van der Waals surface area contributed by atoms with Crippen molar-refractivity contribution in [1.29, 1.82) is 0 Å². The summed E-state index contributed by atoms with van der Waals surface area (Å²) in [6.07, 6.45) is 4.48. The van der Waals surface area contributed by atoms with Gasteiger partial charge >= 0.3 is 6.03 Å². The third-order valence-corrected chi connectivity index (χ3v) is 8.90. The first-order valence-corrected chi connectivity index (χ1v) is 13.6. The molecule has 0 spiro atoms. The lowest BCUT2D eigenvalue weighted by atomic mass is 9.86. The SMILES string of the molecule is NC1CCC(NC(=O)C2=C3NC(=O)N(c4ccc(Oc5ccccc5)cc4)C4CCNC(S2)C34)CC1. The largest absolute Gasteiger partial charge is 0.457 e. The summed E-state index contributed by atoms with van der Waals surface area (Å²) < 4.78 is 5.92. The summed E-state index contributed by atoms with van der Waals surface area (Å²) in [6, 6.07) is 17.4. The topological polar surface area (TPSA) is 109 Å². The molecule has 5 N–H and O–H groups in total. The van der Waals surface area contributed by atoms with Gasteiger partial charge in [-0.25, -0.2) is 4.79 Å². The van der Waals surface area contributed by atoms with Crippen LogP contribution in [0.25, 0.3) is 0 Å². The Labute approximate surface area is 215 Å². The molecule has 1 saturated carbocycles. The minimum atomic E-state index is -0.194. The second kappa shape index (κ2) is 9.80. The van der Waals surface area contributed by atoms with Gasteiger partial charge in [-0.15, -0.1) is 0 Å². The standard InChI is InChI=1S/C27H31N5O3S/c28-16-6-8-17(9-7-16)30-25(33)24-23-22-21(14-15-29-26(22)36-24)32(27(34)31-23)18-10-12-20(13-11-18)35-19-4-2-1-3-5-19/h1-5,10-13,16-17,21-22,26,29H,6-9,14-15,28H2,(H,30,33)(H,31,34). The Hall–Kier alpha value is -3.01. The molecule has 3 unspecified atom stereocenters. The number of nitrogens with one attached hydrogen (secondary N) is 3. The van der Waals surface area contributed by atoms with Crippen LogP contribution in [-0.2, 0) is 4.79 Å². The van der Waals surface area contributed by atoms with Gasteiger partial charge in [0.1, 0.15) is 11.5 Å². The minimum Gasteiger partial charge on any atom is -0.457 e. The van der Waals surface area contributed by atoms with E-state index >= 15 is 0 Å². The number of hydrogen-bond donors (Lipinski definition) is 4. The third kappa shape index (κ3) is 4.47. The van der Waals surface area contributed by atoms with E-state index < -0.39 is 0 Å². The highest BCUT2D eigenvalue weighted by molar-refractivity contribution is 8.04. The van der Waals surface area contributed by atoms with Crippen molar-refractivity contribution < 1.29 is 14.3 Å². The summed E-state index contributed by atoms with van der Waals surface area (Å²) in [4.78, 5) is 29.1. The number of urea groups is 1. The molecule has 0 aromatic heterocycles. The smallest absolute Gasteiger partial charge is 0.326 e. The van der Waals surface area contributed by atoms with Crippen LogP contribution in [-0.4, -0.2) is 42.0 Å². The molecule has 6 rings (SSSR count). The second-order valence-corrected chi connectivity index (χ2v) is 11.1. The van der Waals surface area contributed by atoms with Crippen molar-refractivity contribution in [3.8, 4) is 11.5 Å². The second-order valence-electron chi connectivity index (χ2n) is 9.91. The van der Waals surface area contributed by atoms with Gasteiger partial charge in [0.2, 0.25) is 0 Å². The van der Waals surface area contributed by atoms with E-state index in [2.05, 4.69) is 16.0 Å². The summed E-state index contributed by atoms with van der Waals surface area (Å²) in [6.45, 7) is 0.792. The van der Waals surface area contributed by atoms with E-state index in [0.717, 1.165) is 55.8 Å². The molecular weight excluding hydrogens is 474 g/mol. The number of para-hydroxylation sites is 1. The quantitative estimate of drug-likeness (QED) is 0.494. The normalized spacial score (nSPS) is 29.4. The molecule has 2 aromatic carbocycles. The molecule has 36 heavy (non-hydrogen) atoms. The van der Waals surface area contributed by atoms with Gasteiger partial charge in [-0.3, -0.25) is 9.69 Å². The van der Waals surface area contributed by atoms with E-state index in [1.54, 1.807) is 11.8 Å². The van der Waals surface area contributed by atoms with E-state index in [1.807, 2.05) is 59.5 Å². The van der Waals surface area contributed by atoms with Crippen molar-refractivity contribution in [3.63, 3.8) is 0 Å². The first-order valence-electron chi connectivity index (χ1n) is 12.7. The lowest BCUT2D eigenvalue weighted by Crippen LogP contribution is -2.62. The van der Waals surface area contributed by atoms with E-state index in [1.165, 1.54) is 0 Å². The Bertz CT molecular complexity index is 1160. The number of piperidine rings is 1. The fourth-order valence-electron chi connectivity index (χ4n) is 5.74. The number of rotatable bonds is 5. The Morgan fingerprint density at radius 2 is 1.72 bits per heavy atom. The van der Waals surface area contributed by atoms with Crippen molar-refractivity contribution in [2.75, 3.05) is 11.4 Å². The molecule has 2 saturated heterocycles. The van der Waals surface area contributed by atoms with Crippen molar-refractivity contribution in [1.82, 2.24) is 16.0 Å². The van der Waals surface area contributed by atoms with E-state index in [9.17, 15) is 9.59 Å². The highest BCUT2D eigenvalue weighted by atomic mass is 32.2. The average Bonchev–Trinajstić information content (AvgIpc) is 3.26. The van der Waals surface area contributed by atoms with E-state index in [0.29, 0.717) is 10.7 Å². The van der Waals surface area contributed by atoms with Crippen LogP contribution in [0.15, 0.2) is 65.2 Å². The van der Waals surface area contributed by atoms with Crippen molar-refractivity contribution in [2.24, 2.45) is 11.7 Å². The highest BCUT2D eigenvalue weighted by Crippen LogP contribution is 2.48. The van der Waals surface area contributed by atoms with Crippen LogP contribution in [0.3, 0.4) is 0 Å². The van der Waals surface area contributed by atoms with Gasteiger partial charge in [0, 0.05) is 29.4 Å². The van der Waals surface area contributed by atoms with Gasteiger partial charge in [-0.1, -0.05) is 30.0 Å². The van der Waals surface area contributed by atoms with Crippen molar-refractivity contribution in [2.45, 2.75) is 55.6 Å². The van der Waals surface area contributed by atoms with Crippen LogP contribution in [0.1, 0.15) is 32.1 Å². The zero-order valence-electron chi connectivity index (χ0n) is 20.0. The molecule has 1 aliphatic carbocycles. The predicted octanol–water partition coefficient (Wildman–Crippen LogP) is 3.66. The first kappa shape index (κ1) is 23.4. The minimum absolute atomic E-state index is 0.0219. The number of nitrogens with two attached hydrogens (primary N) is 1. The number of benzene rings is 2. The summed E-state index contributed by atoms with van der Waals surface area (Å²) in [7, 11) is 0. The molecule has 9 heteroatoms. The fourth-order valence-corrected chi connectivity index (χ4v) is 7.14. The number of hydrogen-bond acceptors (Lipinski definition) is 6.